The number of hydrogen-bond acceptors (Lipinski definition) is 2. The maximum absolute atomic E-state index is 12.8. The molecule has 0 amide bonds. The van der Waals surface area contributed by atoms with Crippen LogP contribution < -0.4 is 0 Å². The molecule has 0 saturated carbocycles. The molecule has 0 saturated heterocycles. The van der Waals surface area contributed by atoms with E-state index >= 15 is 0 Å². The first-order valence-electron chi connectivity index (χ1n) is 5.61. The predicted molar refractivity (Wildman–Crippen MR) is 58.4 cm³/mol. The Bertz CT molecular complexity index is 547. The second-order valence-corrected chi connectivity index (χ2v) is 4.19. The molecule has 21 heavy (non-hydrogen) atoms. The van der Waals surface area contributed by atoms with E-state index < -0.39 is 46.7 Å². The lowest BCUT2D eigenvalue weighted by Gasteiger charge is -2.20. The third-order valence-electron chi connectivity index (χ3n) is 2.80. The van der Waals surface area contributed by atoms with Crippen molar-refractivity contribution in [2.45, 2.75) is 31.8 Å². The van der Waals surface area contributed by atoms with E-state index in [-0.39, 0.29) is 18.6 Å². The largest absolute Gasteiger partial charge is 0.479 e. The Kier molecular flexibility index (Phi) is 4.57. The van der Waals surface area contributed by atoms with Crippen LogP contribution in [-0.4, -0.2) is 16.2 Å². The van der Waals surface area contributed by atoms with Crippen molar-refractivity contribution in [1.82, 2.24) is 0 Å². The van der Waals surface area contributed by atoms with Crippen LogP contribution in [0.25, 0.3) is 0 Å². The van der Waals surface area contributed by atoms with Gasteiger partial charge in [0.15, 0.2) is 6.10 Å². The van der Waals surface area contributed by atoms with Gasteiger partial charge in [0.25, 0.3) is 0 Å². The molecule has 1 atom stereocenters. The van der Waals surface area contributed by atoms with Crippen molar-refractivity contribution < 1.29 is 41.4 Å². The van der Waals surface area contributed by atoms with Gasteiger partial charge in [-0.2, -0.15) is 26.3 Å². The van der Waals surface area contributed by atoms with E-state index in [1.54, 1.807) is 0 Å². The predicted octanol–water partition coefficient (Wildman–Crippen LogP) is 3.40. The lowest BCUT2D eigenvalue weighted by atomic mass is 9.93. The van der Waals surface area contributed by atoms with Crippen molar-refractivity contribution in [2.24, 2.45) is 0 Å². The highest BCUT2D eigenvalue weighted by molar-refractivity contribution is 5.75. The average Bonchev–Trinajstić information content (AvgIpc) is 2.33. The second-order valence-electron chi connectivity index (χ2n) is 4.19. The van der Waals surface area contributed by atoms with Gasteiger partial charge in [-0.15, -0.1) is 0 Å². The molecule has 0 spiro atoms. The number of aryl methyl sites for hydroxylation is 1. The number of alkyl halides is 6. The summed E-state index contributed by atoms with van der Waals surface area (Å²) in [6.07, 6.45) is -13.1. The van der Waals surface area contributed by atoms with Crippen LogP contribution in [0.5, 0.6) is 0 Å². The Balaban J connectivity index is 3.69. The second kappa shape index (κ2) is 5.55. The summed E-state index contributed by atoms with van der Waals surface area (Å²) in [7, 11) is 0. The van der Waals surface area contributed by atoms with Gasteiger partial charge >= 0.3 is 18.3 Å². The van der Waals surface area contributed by atoms with E-state index in [1.807, 2.05) is 0 Å². The number of halogens is 6. The van der Waals surface area contributed by atoms with Crippen molar-refractivity contribution in [2.75, 3.05) is 0 Å². The minimum atomic E-state index is -5.08. The van der Waals surface area contributed by atoms with Crippen LogP contribution in [0.2, 0.25) is 0 Å². The Morgan fingerprint density at radius 2 is 1.57 bits per heavy atom. The Morgan fingerprint density at radius 1 is 1.10 bits per heavy atom. The summed E-state index contributed by atoms with van der Waals surface area (Å²) < 4.78 is 76.9. The Hall–Kier alpha value is -1.77. The number of carboxylic acid groups (broad SMARTS) is 1. The van der Waals surface area contributed by atoms with Gasteiger partial charge in [-0.3, -0.25) is 0 Å². The van der Waals surface area contributed by atoms with Gasteiger partial charge < -0.3 is 10.2 Å². The van der Waals surface area contributed by atoms with Crippen LogP contribution in [0.3, 0.4) is 0 Å². The third-order valence-corrected chi connectivity index (χ3v) is 2.80. The Labute approximate surface area is 114 Å². The molecular formula is C12H10F6O3. The topological polar surface area (TPSA) is 57.5 Å². The molecular weight excluding hydrogens is 306 g/mol. The molecule has 0 radical (unpaired) electrons. The van der Waals surface area contributed by atoms with Crippen LogP contribution in [-0.2, 0) is 23.6 Å². The number of hydrogen-bond donors (Lipinski definition) is 2. The van der Waals surface area contributed by atoms with Crippen LogP contribution in [0.4, 0.5) is 26.3 Å². The number of benzene rings is 1. The molecule has 1 unspecified atom stereocenters. The number of aliphatic hydroxyl groups excluding tert-OH is 1. The standard InChI is InChI=1S/C12H10F6O3/c1-2-5-3-8(12(16,17)18)6(9(19)10(20)21)4-7(5)11(13,14)15/h3-4,9,19H,2H2,1H3,(H,20,21). The quantitative estimate of drug-likeness (QED) is 0.840. The zero-order valence-electron chi connectivity index (χ0n) is 10.5. The molecule has 0 fully saturated rings. The summed E-state index contributed by atoms with van der Waals surface area (Å²) in [5.41, 5.74) is -4.95. The first-order valence-corrected chi connectivity index (χ1v) is 5.61. The van der Waals surface area contributed by atoms with E-state index in [4.69, 9.17) is 5.11 Å². The summed E-state index contributed by atoms with van der Waals surface area (Å²) in [6, 6.07) is 0.269. The highest BCUT2D eigenvalue weighted by Gasteiger charge is 2.41. The van der Waals surface area contributed by atoms with E-state index in [0.717, 1.165) is 0 Å². The molecule has 9 heteroatoms. The lowest BCUT2D eigenvalue weighted by molar-refractivity contribution is -0.150. The summed E-state index contributed by atoms with van der Waals surface area (Å²) in [5, 5.41) is 17.8. The molecule has 0 aliphatic heterocycles. The van der Waals surface area contributed by atoms with E-state index in [1.165, 1.54) is 6.92 Å². The number of aliphatic carboxylic acids is 1. The fourth-order valence-corrected chi connectivity index (χ4v) is 1.82. The van der Waals surface area contributed by atoms with Crippen molar-refractivity contribution in [3.8, 4) is 0 Å². The minimum Gasteiger partial charge on any atom is -0.479 e. The highest BCUT2D eigenvalue weighted by Crippen LogP contribution is 2.41. The van der Waals surface area contributed by atoms with E-state index in [9.17, 15) is 36.2 Å². The Morgan fingerprint density at radius 3 is 1.90 bits per heavy atom. The van der Waals surface area contributed by atoms with Gasteiger partial charge in [0.2, 0.25) is 0 Å². The summed E-state index contributed by atoms with van der Waals surface area (Å²) >= 11 is 0. The van der Waals surface area contributed by atoms with Gasteiger partial charge in [0.05, 0.1) is 11.1 Å². The normalized spacial score (nSPS) is 14.1. The number of carbonyl (C=O) groups is 1. The molecule has 0 bridgehead atoms. The molecule has 0 aliphatic carbocycles. The zero-order valence-corrected chi connectivity index (χ0v) is 10.5. The highest BCUT2D eigenvalue weighted by atomic mass is 19.4. The summed E-state index contributed by atoms with van der Waals surface area (Å²) in [4.78, 5) is 10.6. The van der Waals surface area contributed by atoms with Gasteiger partial charge in [-0.25, -0.2) is 4.79 Å². The SMILES string of the molecule is CCc1cc(C(F)(F)F)c(C(O)C(=O)O)cc1C(F)(F)F. The van der Waals surface area contributed by atoms with Crippen LogP contribution >= 0.6 is 0 Å². The monoisotopic (exact) mass is 316 g/mol. The molecule has 118 valence electrons. The smallest absolute Gasteiger partial charge is 0.416 e. The van der Waals surface area contributed by atoms with Crippen molar-refractivity contribution in [3.05, 3.63) is 34.4 Å². The summed E-state index contributed by atoms with van der Waals surface area (Å²) in [5.74, 6) is -2.07. The van der Waals surface area contributed by atoms with Crippen LogP contribution in [0.1, 0.15) is 35.3 Å². The maximum atomic E-state index is 12.8. The molecule has 0 aliphatic rings. The van der Waals surface area contributed by atoms with Crippen molar-refractivity contribution in [3.63, 3.8) is 0 Å². The molecule has 1 aromatic carbocycles. The van der Waals surface area contributed by atoms with Crippen molar-refractivity contribution >= 4 is 5.97 Å². The zero-order chi connectivity index (χ0) is 16.6. The first kappa shape index (κ1) is 17.3. The molecule has 3 nitrogen and oxygen atoms in total. The fraction of sp³-hybridized carbons (Fsp3) is 0.417. The van der Waals surface area contributed by atoms with E-state index in [2.05, 4.69) is 0 Å². The molecule has 0 heterocycles. The number of carboxylic acids is 1. The number of aliphatic hydroxyl groups is 1. The van der Waals surface area contributed by atoms with E-state index in [0.29, 0.717) is 0 Å². The molecule has 0 aromatic heterocycles. The van der Waals surface area contributed by atoms with Crippen LogP contribution in [0.15, 0.2) is 12.1 Å². The molecule has 1 aromatic rings. The third kappa shape index (κ3) is 3.66. The number of rotatable bonds is 3. The maximum Gasteiger partial charge on any atom is 0.416 e. The minimum absolute atomic E-state index is 0.0421. The average molecular weight is 316 g/mol. The van der Waals surface area contributed by atoms with Gasteiger partial charge in [0.1, 0.15) is 0 Å². The first-order chi connectivity index (χ1) is 9.39. The van der Waals surface area contributed by atoms with Gasteiger partial charge in [-0.05, 0) is 24.1 Å². The lowest BCUT2D eigenvalue weighted by Crippen LogP contribution is -2.20. The van der Waals surface area contributed by atoms with Crippen LogP contribution in [0, 0.1) is 0 Å². The molecule has 2 N–H and O–H groups in total. The molecule has 1 rings (SSSR count). The van der Waals surface area contributed by atoms with Crippen molar-refractivity contribution in [1.29, 1.82) is 0 Å². The van der Waals surface area contributed by atoms with Gasteiger partial charge in [-0.1, -0.05) is 6.92 Å². The summed E-state index contributed by atoms with van der Waals surface area (Å²) in [6.45, 7) is 1.23. The fourth-order valence-electron chi connectivity index (χ4n) is 1.82. The van der Waals surface area contributed by atoms with Gasteiger partial charge in [0, 0.05) is 5.56 Å².